The number of benzene rings is 2. The molecular formula is C29H29Cl2N5O2S2. The molecule has 0 N–H and O–H groups in total. The lowest BCUT2D eigenvalue weighted by Crippen LogP contribution is -2.39. The van der Waals surface area contributed by atoms with Crippen LogP contribution in [0, 0.1) is 6.92 Å². The number of carbonyl (C=O) groups excluding carboxylic acids is 1. The minimum atomic E-state index is -0.0332. The van der Waals surface area contributed by atoms with E-state index < -0.39 is 0 Å². The second kappa shape index (κ2) is 12.8. The first kappa shape index (κ1) is 28.7. The normalized spacial score (nSPS) is 13.8. The highest BCUT2D eigenvalue weighted by Gasteiger charge is 2.25. The van der Waals surface area contributed by atoms with E-state index >= 15 is 0 Å². The Kier molecular flexibility index (Phi) is 9.20. The van der Waals surface area contributed by atoms with E-state index in [9.17, 15) is 4.79 Å². The van der Waals surface area contributed by atoms with Gasteiger partial charge in [0.1, 0.15) is 4.83 Å². The summed E-state index contributed by atoms with van der Waals surface area (Å²) in [5, 5.41) is 9.12. The molecule has 2 aromatic carbocycles. The summed E-state index contributed by atoms with van der Waals surface area (Å²) in [6, 6.07) is 19.6. The fourth-order valence-electron chi connectivity index (χ4n) is 4.73. The molecule has 4 heterocycles. The van der Waals surface area contributed by atoms with Crippen LogP contribution in [-0.2, 0) is 4.74 Å². The first-order chi connectivity index (χ1) is 19.1. The number of para-hydroxylation sites is 1. The summed E-state index contributed by atoms with van der Waals surface area (Å²) in [5.41, 5.74) is 3.70. The number of fused-ring (bicyclic) bond motifs is 1. The monoisotopic (exact) mass is 613 g/mol. The SMILES string of the molecule is Cc1nn(-c2ccccc2)c2sc(C(=O)N(CCCN3CCOCC3)c3nc(-c4ccc(Cl)cc4)cs3)cc12.Cl. The van der Waals surface area contributed by atoms with Gasteiger partial charge >= 0.3 is 0 Å². The molecule has 5 aromatic rings. The number of anilines is 1. The number of aromatic nitrogens is 3. The average molecular weight is 615 g/mol. The zero-order valence-corrected chi connectivity index (χ0v) is 25.2. The molecule has 0 atom stereocenters. The van der Waals surface area contributed by atoms with E-state index in [0.29, 0.717) is 21.6 Å². The van der Waals surface area contributed by atoms with Crippen LogP contribution in [0.3, 0.4) is 0 Å². The standard InChI is InChI=1S/C29H28ClN5O2S2.ClH/c1-20-24-18-26(39-28(24)35(32-20)23-6-3-2-4-7-23)27(36)34(13-5-12-33-14-16-37-17-15-33)29-31-25(19-38-29)21-8-10-22(30)11-9-21;/h2-4,6-11,18-19H,5,12-17H2,1H3;1H. The van der Waals surface area contributed by atoms with Crippen LogP contribution in [0.2, 0.25) is 5.02 Å². The molecule has 3 aromatic heterocycles. The fraction of sp³-hybridized carbons (Fsp3) is 0.276. The van der Waals surface area contributed by atoms with Gasteiger partial charge in [0.15, 0.2) is 5.13 Å². The van der Waals surface area contributed by atoms with Crippen LogP contribution in [0.4, 0.5) is 5.13 Å². The molecular weight excluding hydrogens is 585 g/mol. The Morgan fingerprint density at radius 2 is 1.85 bits per heavy atom. The van der Waals surface area contributed by atoms with E-state index in [1.165, 1.54) is 22.7 Å². The number of hydrogen-bond acceptors (Lipinski definition) is 7. The number of thiophene rings is 1. The minimum absolute atomic E-state index is 0. The van der Waals surface area contributed by atoms with E-state index in [1.54, 1.807) is 0 Å². The largest absolute Gasteiger partial charge is 0.379 e. The molecule has 0 radical (unpaired) electrons. The summed E-state index contributed by atoms with van der Waals surface area (Å²) in [7, 11) is 0. The molecule has 7 nitrogen and oxygen atoms in total. The van der Waals surface area contributed by atoms with Crippen LogP contribution < -0.4 is 4.90 Å². The van der Waals surface area contributed by atoms with Crippen LogP contribution >= 0.6 is 46.7 Å². The minimum Gasteiger partial charge on any atom is -0.379 e. The zero-order valence-electron chi connectivity index (χ0n) is 22.0. The molecule has 0 saturated carbocycles. The van der Waals surface area contributed by atoms with Crippen molar-refractivity contribution in [2.75, 3.05) is 44.3 Å². The molecule has 208 valence electrons. The number of rotatable bonds is 8. The van der Waals surface area contributed by atoms with Gasteiger partial charge in [-0.1, -0.05) is 41.9 Å². The van der Waals surface area contributed by atoms with Gasteiger partial charge in [-0.3, -0.25) is 14.6 Å². The van der Waals surface area contributed by atoms with Gasteiger partial charge in [-0.15, -0.1) is 35.1 Å². The van der Waals surface area contributed by atoms with E-state index in [-0.39, 0.29) is 18.3 Å². The molecule has 40 heavy (non-hydrogen) atoms. The quantitative estimate of drug-likeness (QED) is 0.189. The topological polar surface area (TPSA) is 63.5 Å². The Morgan fingerprint density at radius 1 is 1.10 bits per heavy atom. The molecule has 1 aliphatic heterocycles. The van der Waals surface area contributed by atoms with E-state index in [1.807, 2.05) is 82.5 Å². The lowest BCUT2D eigenvalue weighted by Gasteiger charge is -2.27. The summed E-state index contributed by atoms with van der Waals surface area (Å²) in [5.74, 6) is -0.0332. The average Bonchev–Trinajstić information content (AvgIpc) is 3.70. The van der Waals surface area contributed by atoms with Crippen molar-refractivity contribution in [3.8, 4) is 16.9 Å². The predicted molar refractivity (Wildman–Crippen MR) is 167 cm³/mol. The van der Waals surface area contributed by atoms with Crippen molar-refractivity contribution < 1.29 is 9.53 Å². The summed E-state index contributed by atoms with van der Waals surface area (Å²) in [4.78, 5) is 24.8. The molecule has 6 rings (SSSR count). The van der Waals surface area contributed by atoms with Crippen molar-refractivity contribution >= 4 is 67.9 Å². The number of thiazole rings is 1. The molecule has 0 spiro atoms. The van der Waals surface area contributed by atoms with Crippen LogP contribution in [-0.4, -0.2) is 65.0 Å². The first-order valence-corrected chi connectivity index (χ1v) is 15.0. The maximum absolute atomic E-state index is 14.1. The molecule has 1 aliphatic rings. The summed E-state index contributed by atoms with van der Waals surface area (Å²) in [6.45, 7) is 6.87. The molecule has 0 aliphatic carbocycles. The van der Waals surface area contributed by atoms with E-state index in [0.717, 1.165) is 72.1 Å². The fourth-order valence-corrected chi connectivity index (χ4v) is 6.85. The first-order valence-electron chi connectivity index (χ1n) is 12.9. The highest BCUT2D eigenvalue weighted by Crippen LogP contribution is 2.34. The summed E-state index contributed by atoms with van der Waals surface area (Å²) >= 11 is 9.06. The van der Waals surface area contributed by atoms with Crippen molar-refractivity contribution in [1.82, 2.24) is 19.7 Å². The highest BCUT2D eigenvalue weighted by atomic mass is 35.5. The summed E-state index contributed by atoms with van der Waals surface area (Å²) < 4.78 is 7.42. The third kappa shape index (κ3) is 6.10. The van der Waals surface area contributed by atoms with E-state index in [4.69, 9.17) is 26.4 Å². The number of hydrogen-bond donors (Lipinski definition) is 0. The van der Waals surface area contributed by atoms with Gasteiger partial charge in [-0.05, 0) is 43.7 Å². The second-order valence-electron chi connectivity index (χ2n) is 9.45. The lowest BCUT2D eigenvalue weighted by molar-refractivity contribution is 0.0376. The summed E-state index contributed by atoms with van der Waals surface area (Å²) in [6.07, 6.45) is 0.851. The second-order valence-corrected chi connectivity index (χ2v) is 11.8. The molecule has 0 bridgehead atoms. The van der Waals surface area contributed by atoms with Crippen LogP contribution in [0.25, 0.3) is 27.2 Å². The highest BCUT2D eigenvalue weighted by molar-refractivity contribution is 7.20. The Morgan fingerprint density at radius 3 is 2.60 bits per heavy atom. The Hall–Kier alpha value is -2.79. The van der Waals surface area contributed by atoms with Gasteiger partial charge in [0.25, 0.3) is 5.91 Å². The maximum atomic E-state index is 14.1. The van der Waals surface area contributed by atoms with Gasteiger partial charge in [-0.2, -0.15) is 5.10 Å². The van der Waals surface area contributed by atoms with E-state index in [2.05, 4.69) is 4.90 Å². The Labute approximate surface area is 252 Å². The number of morpholine rings is 1. The van der Waals surface area contributed by atoms with Crippen LogP contribution in [0.1, 0.15) is 21.8 Å². The number of aryl methyl sites for hydroxylation is 1. The Balaban J connectivity index is 0.00000323. The van der Waals surface area contributed by atoms with Crippen molar-refractivity contribution in [2.24, 2.45) is 0 Å². The van der Waals surface area contributed by atoms with Crippen molar-refractivity contribution in [1.29, 1.82) is 0 Å². The molecule has 1 fully saturated rings. The number of carbonyl (C=O) groups is 1. The molecule has 0 unspecified atom stereocenters. The zero-order chi connectivity index (χ0) is 26.8. The number of ether oxygens (including phenoxy) is 1. The maximum Gasteiger partial charge on any atom is 0.270 e. The van der Waals surface area contributed by atoms with Gasteiger partial charge in [0, 0.05) is 47.5 Å². The van der Waals surface area contributed by atoms with Crippen LogP contribution in [0.5, 0.6) is 0 Å². The van der Waals surface area contributed by atoms with Crippen LogP contribution in [0.15, 0.2) is 66.0 Å². The molecule has 1 amide bonds. The van der Waals surface area contributed by atoms with Gasteiger partial charge in [0.05, 0.1) is 35.2 Å². The number of amides is 1. The third-order valence-electron chi connectivity index (χ3n) is 6.82. The predicted octanol–water partition coefficient (Wildman–Crippen LogP) is 6.96. The van der Waals surface area contributed by atoms with Gasteiger partial charge in [-0.25, -0.2) is 9.67 Å². The molecule has 11 heteroatoms. The smallest absolute Gasteiger partial charge is 0.270 e. The Bertz CT molecular complexity index is 1580. The van der Waals surface area contributed by atoms with Crippen molar-refractivity contribution in [3.63, 3.8) is 0 Å². The third-order valence-corrected chi connectivity index (χ3v) is 9.04. The lowest BCUT2D eigenvalue weighted by atomic mass is 10.2. The number of nitrogens with zero attached hydrogens (tertiary/aromatic N) is 5. The van der Waals surface area contributed by atoms with Crippen molar-refractivity contribution in [3.05, 3.63) is 81.6 Å². The number of halogens is 2. The van der Waals surface area contributed by atoms with Crippen molar-refractivity contribution in [2.45, 2.75) is 13.3 Å². The van der Waals surface area contributed by atoms with Gasteiger partial charge < -0.3 is 4.74 Å². The molecule has 1 saturated heterocycles. The van der Waals surface area contributed by atoms with Gasteiger partial charge in [0.2, 0.25) is 0 Å².